The number of nitrogen functional groups attached to an aromatic ring is 1. The highest BCUT2D eigenvalue weighted by Gasteiger charge is 2.50. The first-order chi connectivity index (χ1) is 14.6. The van der Waals surface area contributed by atoms with Crippen molar-refractivity contribution in [3.8, 4) is 0 Å². The van der Waals surface area contributed by atoms with Gasteiger partial charge in [0.15, 0.2) is 0 Å². The van der Waals surface area contributed by atoms with Gasteiger partial charge in [-0.1, -0.05) is 42.0 Å². The quantitative estimate of drug-likeness (QED) is 0.675. The van der Waals surface area contributed by atoms with E-state index >= 15 is 0 Å². The van der Waals surface area contributed by atoms with E-state index in [0.29, 0.717) is 11.7 Å². The number of rotatable bonds is 5. The fourth-order valence-electron chi connectivity index (χ4n) is 5.15. The summed E-state index contributed by atoms with van der Waals surface area (Å²) in [6.07, 6.45) is 6.24. The zero-order chi connectivity index (χ0) is 20.7. The van der Waals surface area contributed by atoms with Crippen molar-refractivity contribution in [3.05, 3.63) is 59.4 Å². The number of anilines is 2. The van der Waals surface area contributed by atoms with Crippen molar-refractivity contribution < 1.29 is 0 Å². The first-order valence-electron chi connectivity index (χ1n) is 11.1. The largest absolute Gasteiger partial charge is 0.383 e. The normalized spacial score (nSPS) is 18.5. The highest BCUT2D eigenvalue weighted by Crippen LogP contribution is 2.57. The van der Waals surface area contributed by atoms with Crippen LogP contribution in [0, 0.1) is 12.8 Å². The number of aryl methyl sites for hydroxylation is 1. The fraction of sp³-hybridized carbons (Fsp3) is 0.440. The van der Waals surface area contributed by atoms with Crippen LogP contribution in [0.25, 0.3) is 10.8 Å². The molecule has 156 valence electrons. The van der Waals surface area contributed by atoms with Gasteiger partial charge in [-0.25, -0.2) is 9.97 Å². The molecule has 5 rings (SSSR count). The Labute approximate surface area is 178 Å². The zero-order valence-electron chi connectivity index (χ0n) is 18.0. The molecule has 0 atom stereocenters. The zero-order valence-corrected chi connectivity index (χ0v) is 18.0. The Balaban J connectivity index is 1.52. The Bertz CT molecular complexity index is 1070. The second-order valence-electron chi connectivity index (χ2n) is 9.18. The number of benzene rings is 2. The van der Waals surface area contributed by atoms with Crippen molar-refractivity contribution in [3.63, 3.8) is 0 Å². The van der Waals surface area contributed by atoms with Crippen LogP contribution in [0.2, 0.25) is 0 Å². The Morgan fingerprint density at radius 2 is 1.80 bits per heavy atom. The van der Waals surface area contributed by atoms with Crippen LogP contribution in [0.4, 0.5) is 11.6 Å². The molecule has 1 aliphatic heterocycles. The van der Waals surface area contributed by atoms with Crippen LogP contribution in [0.15, 0.2) is 42.7 Å². The molecule has 30 heavy (non-hydrogen) atoms. The fourth-order valence-corrected chi connectivity index (χ4v) is 5.15. The van der Waals surface area contributed by atoms with E-state index in [9.17, 15) is 0 Å². The van der Waals surface area contributed by atoms with Gasteiger partial charge in [0, 0.05) is 24.6 Å². The summed E-state index contributed by atoms with van der Waals surface area (Å²) >= 11 is 0. The van der Waals surface area contributed by atoms with Gasteiger partial charge in [0.05, 0.1) is 0 Å². The number of fused-ring (bicyclic) bond motifs is 1. The van der Waals surface area contributed by atoms with Crippen molar-refractivity contribution in [2.24, 2.45) is 5.92 Å². The van der Waals surface area contributed by atoms with Crippen LogP contribution in [0.1, 0.15) is 42.4 Å². The van der Waals surface area contributed by atoms with E-state index in [4.69, 9.17) is 10.7 Å². The minimum absolute atomic E-state index is 0.0673. The summed E-state index contributed by atoms with van der Waals surface area (Å²) in [7, 11) is 2.16. The highest BCUT2D eigenvalue weighted by molar-refractivity contribution is 5.85. The molecular weight excluding hydrogens is 370 g/mol. The maximum atomic E-state index is 6.50. The van der Waals surface area contributed by atoms with E-state index in [1.165, 1.54) is 34.7 Å². The second-order valence-corrected chi connectivity index (χ2v) is 9.18. The van der Waals surface area contributed by atoms with Crippen molar-refractivity contribution in [2.75, 3.05) is 37.3 Å². The molecule has 5 nitrogen and oxygen atoms in total. The lowest BCUT2D eigenvalue weighted by atomic mass is 9.86. The maximum absolute atomic E-state index is 6.50. The van der Waals surface area contributed by atoms with Gasteiger partial charge in [-0.05, 0) is 68.0 Å². The van der Waals surface area contributed by atoms with Gasteiger partial charge in [-0.3, -0.25) is 0 Å². The van der Waals surface area contributed by atoms with E-state index in [-0.39, 0.29) is 5.41 Å². The van der Waals surface area contributed by atoms with Gasteiger partial charge in [-0.15, -0.1) is 0 Å². The predicted molar refractivity (Wildman–Crippen MR) is 124 cm³/mol. The second kappa shape index (κ2) is 7.55. The number of nitrogens with zero attached hydrogens (tertiary/aromatic N) is 3. The van der Waals surface area contributed by atoms with Crippen LogP contribution in [-0.4, -0.2) is 36.6 Å². The molecule has 1 aliphatic carbocycles. The molecule has 5 heteroatoms. The van der Waals surface area contributed by atoms with Crippen molar-refractivity contribution >= 4 is 22.4 Å². The van der Waals surface area contributed by atoms with Gasteiger partial charge < -0.3 is 16.0 Å². The lowest BCUT2D eigenvalue weighted by Crippen LogP contribution is -2.35. The smallest absolute Gasteiger partial charge is 0.137 e. The molecule has 1 saturated heterocycles. The molecule has 2 fully saturated rings. The summed E-state index contributed by atoms with van der Waals surface area (Å²) in [5, 5.41) is 6.03. The molecule has 2 aliphatic rings. The third kappa shape index (κ3) is 3.41. The highest BCUT2D eigenvalue weighted by atomic mass is 15.2. The van der Waals surface area contributed by atoms with E-state index in [0.717, 1.165) is 43.9 Å². The van der Waals surface area contributed by atoms with Gasteiger partial charge >= 0.3 is 0 Å². The Kier molecular flexibility index (Phi) is 4.86. The topological polar surface area (TPSA) is 67.1 Å². The van der Waals surface area contributed by atoms with Gasteiger partial charge in [0.2, 0.25) is 0 Å². The molecule has 0 spiro atoms. The number of nitrogens with two attached hydrogens (primary N) is 1. The van der Waals surface area contributed by atoms with E-state index in [1.54, 1.807) is 6.33 Å². The minimum atomic E-state index is -0.0673. The molecule has 3 aromatic rings. The molecule has 1 saturated carbocycles. The van der Waals surface area contributed by atoms with E-state index in [2.05, 4.69) is 65.6 Å². The SMILES string of the molecule is Cc1ccc2cc(C3(c4c(N)ncnc4N(C)CC4CCNCC4)CC3)ccc2c1. The monoisotopic (exact) mass is 401 g/mol. The van der Waals surface area contributed by atoms with Gasteiger partial charge in [-0.2, -0.15) is 0 Å². The summed E-state index contributed by atoms with van der Waals surface area (Å²) in [6.45, 7) is 5.37. The Morgan fingerprint density at radius 3 is 2.57 bits per heavy atom. The Morgan fingerprint density at radius 1 is 1.07 bits per heavy atom. The third-order valence-corrected chi connectivity index (χ3v) is 6.99. The number of hydrogen-bond acceptors (Lipinski definition) is 5. The summed E-state index contributed by atoms with van der Waals surface area (Å²) in [5.74, 6) is 2.32. The molecule has 0 amide bonds. The maximum Gasteiger partial charge on any atom is 0.137 e. The van der Waals surface area contributed by atoms with Crippen molar-refractivity contribution in [2.45, 2.75) is 38.0 Å². The van der Waals surface area contributed by atoms with E-state index < -0.39 is 0 Å². The summed E-state index contributed by atoms with van der Waals surface area (Å²) in [4.78, 5) is 11.4. The van der Waals surface area contributed by atoms with Crippen LogP contribution >= 0.6 is 0 Å². The lowest BCUT2D eigenvalue weighted by molar-refractivity contribution is 0.377. The summed E-state index contributed by atoms with van der Waals surface area (Å²) in [5.41, 5.74) is 10.2. The van der Waals surface area contributed by atoms with Crippen LogP contribution in [0.3, 0.4) is 0 Å². The molecule has 3 N–H and O–H groups in total. The molecule has 0 bridgehead atoms. The number of aromatic nitrogens is 2. The molecule has 1 aromatic heterocycles. The average molecular weight is 402 g/mol. The first kappa shape index (κ1) is 19.3. The number of nitrogens with one attached hydrogen (secondary N) is 1. The van der Waals surface area contributed by atoms with Crippen LogP contribution in [0.5, 0.6) is 0 Å². The van der Waals surface area contributed by atoms with Gasteiger partial charge in [0.1, 0.15) is 18.0 Å². The minimum Gasteiger partial charge on any atom is -0.383 e. The molecular formula is C25H31N5. The molecule has 2 heterocycles. The lowest BCUT2D eigenvalue weighted by Gasteiger charge is -2.31. The van der Waals surface area contributed by atoms with Crippen LogP contribution in [-0.2, 0) is 5.41 Å². The molecule has 0 radical (unpaired) electrons. The number of piperidine rings is 1. The van der Waals surface area contributed by atoms with Gasteiger partial charge in [0.25, 0.3) is 0 Å². The number of hydrogen-bond donors (Lipinski definition) is 2. The first-order valence-corrected chi connectivity index (χ1v) is 11.1. The summed E-state index contributed by atoms with van der Waals surface area (Å²) < 4.78 is 0. The van der Waals surface area contributed by atoms with Crippen molar-refractivity contribution in [1.82, 2.24) is 15.3 Å². The van der Waals surface area contributed by atoms with E-state index in [1.807, 2.05) is 0 Å². The Hall–Kier alpha value is -2.66. The molecule has 2 aromatic carbocycles. The average Bonchev–Trinajstić information content (AvgIpc) is 3.55. The predicted octanol–water partition coefficient (Wildman–Crippen LogP) is 4.04. The standard InChI is InChI=1S/C25H31N5/c1-17-3-4-20-14-21(6-5-19(20)13-17)25(9-10-25)22-23(26)28-16-29-24(22)30(2)15-18-7-11-27-12-8-18/h3-6,13-14,16,18,27H,7-12,15H2,1-2H3,(H2,26,28,29). The summed E-state index contributed by atoms with van der Waals surface area (Å²) in [6, 6.07) is 13.5. The molecule has 0 unspecified atom stereocenters. The third-order valence-electron chi connectivity index (χ3n) is 6.99. The van der Waals surface area contributed by atoms with Crippen molar-refractivity contribution in [1.29, 1.82) is 0 Å². The van der Waals surface area contributed by atoms with Crippen LogP contribution < -0.4 is 16.0 Å².